The van der Waals surface area contributed by atoms with E-state index in [1.807, 2.05) is 48.7 Å². The van der Waals surface area contributed by atoms with Gasteiger partial charge in [-0.25, -0.2) is 0 Å². The molecule has 134 valence electrons. The van der Waals surface area contributed by atoms with Crippen molar-refractivity contribution in [1.82, 2.24) is 10.2 Å². The number of piperidine rings is 1. The molecule has 3 N–H and O–H groups in total. The molecule has 4 nitrogen and oxygen atoms in total. The molecule has 2 heterocycles. The van der Waals surface area contributed by atoms with Gasteiger partial charge in [0.2, 0.25) is 0 Å². The van der Waals surface area contributed by atoms with Crippen LogP contribution in [0.2, 0.25) is 5.02 Å². The zero-order chi connectivity index (χ0) is 18.0. The Labute approximate surface area is 158 Å². The minimum Gasteiger partial charge on any atom is -0.385 e. The van der Waals surface area contributed by atoms with Gasteiger partial charge < -0.3 is 10.0 Å². The van der Waals surface area contributed by atoms with Crippen molar-refractivity contribution in [2.45, 2.75) is 25.0 Å². The number of quaternary nitrogens is 1. The number of benzene rings is 2. The minimum absolute atomic E-state index is 0.703. The summed E-state index contributed by atoms with van der Waals surface area (Å²) in [5.41, 5.74) is 3.70. The predicted molar refractivity (Wildman–Crippen MR) is 103 cm³/mol. The van der Waals surface area contributed by atoms with Crippen molar-refractivity contribution in [3.63, 3.8) is 0 Å². The SMILES string of the molecule is OC1(c2ccc(Cl)cc2)CC[NH+](Cc2cn[nH]c2-c2ccccc2)CC1. The van der Waals surface area contributed by atoms with Gasteiger partial charge in [-0.3, -0.25) is 5.10 Å². The molecule has 1 saturated heterocycles. The zero-order valence-corrected chi connectivity index (χ0v) is 15.3. The van der Waals surface area contributed by atoms with Gasteiger partial charge >= 0.3 is 0 Å². The minimum atomic E-state index is -0.743. The highest BCUT2D eigenvalue weighted by Gasteiger charge is 2.36. The summed E-state index contributed by atoms with van der Waals surface area (Å²) < 4.78 is 0. The van der Waals surface area contributed by atoms with Crippen molar-refractivity contribution in [2.75, 3.05) is 13.1 Å². The molecule has 2 aromatic carbocycles. The number of likely N-dealkylation sites (tertiary alicyclic amines) is 1. The predicted octanol–water partition coefficient (Wildman–Crippen LogP) is 2.80. The monoisotopic (exact) mass is 368 g/mol. The number of nitrogens with zero attached hydrogens (tertiary/aromatic N) is 1. The number of aromatic amines is 1. The maximum Gasteiger partial charge on any atom is 0.107 e. The van der Waals surface area contributed by atoms with E-state index in [9.17, 15) is 5.11 Å². The van der Waals surface area contributed by atoms with Gasteiger partial charge in [0, 0.05) is 23.4 Å². The molecule has 5 heteroatoms. The van der Waals surface area contributed by atoms with Crippen molar-refractivity contribution >= 4 is 11.6 Å². The lowest BCUT2D eigenvalue weighted by Gasteiger charge is -2.36. The first-order valence-electron chi connectivity index (χ1n) is 9.04. The summed E-state index contributed by atoms with van der Waals surface area (Å²) in [6.45, 7) is 2.77. The van der Waals surface area contributed by atoms with Crippen LogP contribution < -0.4 is 4.90 Å². The molecule has 1 fully saturated rings. The molecule has 0 bridgehead atoms. The molecule has 1 aromatic heterocycles. The van der Waals surface area contributed by atoms with Crippen LogP contribution in [0.15, 0.2) is 60.8 Å². The molecule has 1 aliphatic rings. The van der Waals surface area contributed by atoms with Crippen LogP contribution in [0.3, 0.4) is 0 Å². The Morgan fingerprint density at radius 2 is 1.73 bits per heavy atom. The summed E-state index contributed by atoms with van der Waals surface area (Å²) in [6.07, 6.45) is 3.43. The van der Waals surface area contributed by atoms with Crippen molar-refractivity contribution in [1.29, 1.82) is 0 Å². The van der Waals surface area contributed by atoms with E-state index >= 15 is 0 Å². The second-order valence-corrected chi connectivity index (χ2v) is 7.54. The molecule has 0 aliphatic carbocycles. The Balaban J connectivity index is 1.44. The Morgan fingerprint density at radius 3 is 2.42 bits per heavy atom. The Hall–Kier alpha value is -2.14. The lowest BCUT2D eigenvalue weighted by atomic mass is 9.84. The number of hydrogen-bond donors (Lipinski definition) is 3. The molecule has 0 saturated carbocycles. The number of aromatic nitrogens is 2. The van der Waals surface area contributed by atoms with E-state index in [1.165, 1.54) is 10.5 Å². The van der Waals surface area contributed by atoms with Crippen molar-refractivity contribution < 1.29 is 10.0 Å². The highest BCUT2D eigenvalue weighted by molar-refractivity contribution is 6.30. The third-order valence-corrected chi connectivity index (χ3v) is 5.64. The molecule has 3 aromatic rings. The third-order valence-electron chi connectivity index (χ3n) is 5.39. The number of H-pyrrole nitrogens is 1. The average Bonchev–Trinajstić information content (AvgIpc) is 3.13. The maximum atomic E-state index is 11.0. The fourth-order valence-electron chi connectivity index (χ4n) is 3.81. The molecule has 0 radical (unpaired) electrons. The lowest BCUT2D eigenvalue weighted by Crippen LogP contribution is -3.12. The number of aliphatic hydroxyl groups is 1. The van der Waals surface area contributed by atoms with Crippen LogP contribution in [0, 0.1) is 0 Å². The number of nitrogens with one attached hydrogen (secondary N) is 2. The van der Waals surface area contributed by atoms with E-state index in [4.69, 9.17) is 11.6 Å². The molecule has 0 spiro atoms. The van der Waals surface area contributed by atoms with E-state index in [2.05, 4.69) is 22.3 Å². The first-order valence-corrected chi connectivity index (χ1v) is 9.41. The zero-order valence-electron chi connectivity index (χ0n) is 14.6. The molecular weight excluding hydrogens is 346 g/mol. The summed E-state index contributed by atoms with van der Waals surface area (Å²) >= 11 is 5.97. The molecule has 0 amide bonds. The van der Waals surface area contributed by atoms with Crippen LogP contribution in [0.5, 0.6) is 0 Å². The Morgan fingerprint density at radius 1 is 1.04 bits per heavy atom. The van der Waals surface area contributed by atoms with Gasteiger partial charge in [-0.2, -0.15) is 5.10 Å². The standard InChI is InChI=1S/C21H22ClN3O/c22-19-8-6-18(7-9-19)21(26)10-12-25(13-11-21)15-17-14-23-24-20(17)16-4-2-1-3-5-16/h1-9,14,26H,10-13,15H2,(H,23,24)/p+1. The third kappa shape index (κ3) is 3.54. The van der Waals surface area contributed by atoms with Crippen molar-refractivity contribution in [3.8, 4) is 11.3 Å². The molecule has 0 unspecified atom stereocenters. The highest BCUT2D eigenvalue weighted by atomic mass is 35.5. The Kier molecular flexibility index (Phi) is 4.81. The summed E-state index contributed by atoms with van der Waals surface area (Å²) in [4.78, 5) is 1.47. The van der Waals surface area contributed by atoms with E-state index in [-0.39, 0.29) is 0 Å². The lowest BCUT2D eigenvalue weighted by molar-refractivity contribution is -0.921. The Bertz CT molecular complexity index is 852. The highest BCUT2D eigenvalue weighted by Crippen LogP contribution is 2.30. The van der Waals surface area contributed by atoms with Crippen molar-refractivity contribution in [3.05, 3.63) is 76.9 Å². The fourth-order valence-corrected chi connectivity index (χ4v) is 3.94. The van der Waals surface area contributed by atoms with Gasteiger partial charge in [0.05, 0.1) is 30.5 Å². The van der Waals surface area contributed by atoms with Gasteiger partial charge in [-0.1, -0.05) is 54.1 Å². The van der Waals surface area contributed by atoms with Crippen LogP contribution in [0.4, 0.5) is 0 Å². The number of hydrogen-bond acceptors (Lipinski definition) is 2. The van der Waals surface area contributed by atoms with Crippen LogP contribution >= 0.6 is 11.6 Å². The summed E-state index contributed by atoms with van der Waals surface area (Å²) in [6, 6.07) is 17.9. The normalized spacial score (nSPS) is 23.1. The summed E-state index contributed by atoms with van der Waals surface area (Å²) in [7, 11) is 0. The van der Waals surface area contributed by atoms with E-state index in [1.54, 1.807) is 0 Å². The van der Waals surface area contributed by atoms with Gasteiger partial charge in [0.25, 0.3) is 0 Å². The average molecular weight is 369 g/mol. The first-order chi connectivity index (χ1) is 12.6. The molecule has 1 aliphatic heterocycles. The van der Waals surface area contributed by atoms with Gasteiger partial charge in [-0.15, -0.1) is 0 Å². The summed E-state index contributed by atoms with van der Waals surface area (Å²) in [5.74, 6) is 0. The molecule has 0 atom stereocenters. The maximum absolute atomic E-state index is 11.0. The number of rotatable bonds is 4. The largest absolute Gasteiger partial charge is 0.385 e. The van der Waals surface area contributed by atoms with Crippen LogP contribution in [0.1, 0.15) is 24.0 Å². The second-order valence-electron chi connectivity index (χ2n) is 7.10. The van der Waals surface area contributed by atoms with Crippen molar-refractivity contribution in [2.24, 2.45) is 0 Å². The second kappa shape index (κ2) is 7.23. The topological polar surface area (TPSA) is 53.4 Å². The van der Waals surface area contributed by atoms with Gasteiger partial charge in [0.15, 0.2) is 0 Å². The van der Waals surface area contributed by atoms with E-state index in [0.29, 0.717) is 5.02 Å². The van der Waals surface area contributed by atoms with Gasteiger partial charge in [-0.05, 0) is 17.7 Å². The quantitative estimate of drug-likeness (QED) is 0.663. The molecular formula is C21H23ClN3O+. The van der Waals surface area contributed by atoms with Crippen LogP contribution in [-0.4, -0.2) is 28.4 Å². The fraction of sp³-hybridized carbons (Fsp3) is 0.286. The van der Waals surface area contributed by atoms with Crippen LogP contribution in [-0.2, 0) is 12.1 Å². The molecule has 26 heavy (non-hydrogen) atoms. The van der Waals surface area contributed by atoms with E-state index < -0.39 is 5.60 Å². The van der Waals surface area contributed by atoms with Crippen LogP contribution in [0.25, 0.3) is 11.3 Å². The summed E-state index contributed by atoms with van der Waals surface area (Å²) in [5, 5.41) is 19.1. The van der Waals surface area contributed by atoms with E-state index in [0.717, 1.165) is 49.3 Å². The first kappa shape index (κ1) is 17.3. The number of halogens is 1. The smallest absolute Gasteiger partial charge is 0.107 e. The molecule has 4 rings (SSSR count). The van der Waals surface area contributed by atoms with Gasteiger partial charge in [0.1, 0.15) is 12.1 Å².